The average molecular weight is 339 g/mol. The van der Waals surface area contributed by atoms with Crippen LogP contribution in [0.4, 0.5) is 0 Å². The second-order valence-corrected chi connectivity index (χ2v) is 6.63. The van der Waals surface area contributed by atoms with Crippen LogP contribution in [-0.4, -0.2) is 12.1 Å². The van der Waals surface area contributed by atoms with E-state index in [1.807, 2.05) is 12.1 Å². The van der Waals surface area contributed by atoms with Crippen molar-refractivity contribution in [1.29, 1.82) is 0 Å². The molecule has 0 saturated carbocycles. The SMILES string of the molecule is CCCCCCCC(OC(=O)c1ccc(CCl)cc1)C(C)CC. The van der Waals surface area contributed by atoms with E-state index in [-0.39, 0.29) is 12.1 Å². The van der Waals surface area contributed by atoms with E-state index in [1.165, 1.54) is 25.7 Å². The number of rotatable bonds is 11. The zero-order chi connectivity index (χ0) is 17.1. The number of ether oxygens (including phenoxy) is 1. The van der Waals surface area contributed by atoms with Gasteiger partial charge in [0.25, 0.3) is 0 Å². The first-order valence-electron chi connectivity index (χ1n) is 8.98. The number of halogens is 1. The third-order valence-corrected chi connectivity index (χ3v) is 4.78. The molecule has 1 rings (SSSR count). The predicted molar refractivity (Wildman–Crippen MR) is 98.0 cm³/mol. The molecule has 23 heavy (non-hydrogen) atoms. The Labute approximate surface area is 146 Å². The van der Waals surface area contributed by atoms with E-state index >= 15 is 0 Å². The van der Waals surface area contributed by atoms with Crippen LogP contribution in [0.1, 0.15) is 81.6 Å². The molecule has 0 aliphatic rings. The van der Waals surface area contributed by atoms with Gasteiger partial charge in [-0.3, -0.25) is 0 Å². The summed E-state index contributed by atoms with van der Waals surface area (Å²) in [5.74, 6) is 0.639. The van der Waals surface area contributed by atoms with Crippen LogP contribution >= 0.6 is 11.6 Å². The first kappa shape index (κ1) is 20.0. The zero-order valence-electron chi connectivity index (χ0n) is 14.8. The third kappa shape index (κ3) is 7.39. The lowest BCUT2D eigenvalue weighted by Gasteiger charge is -2.23. The van der Waals surface area contributed by atoms with E-state index in [9.17, 15) is 4.79 Å². The number of hydrogen-bond donors (Lipinski definition) is 0. The summed E-state index contributed by atoms with van der Waals surface area (Å²) in [5.41, 5.74) is 1.62. The maximum absolute atomic E-state index is 12.4. The zero-order valence-corrected chi connectivity index (χ0v) is 15.6. The second kappa shape index (κ2) is 11.5. The van der Waals surface area contributed by atoms with Crippen LogP contribution in [-0.2, 0) is 10.6 Å². The van der Waals surface area contributed by atoms with Crippen molar-refractivity contribution in [2.75, 3.05) is 0 Å². The summed E-state index contributed by atoms with van der Waals surface area (Å²) < 4.78 is 5.80. The average Bonchev–Trinajstić information content (AvgIpc) is 2.59. The molecule has 130 valence electrons. The lowest BCUT2D eigenvalue weighted by atomic mass is 9.96. The quantitative estimate of drug-likeness (QED) is 0.266. The molecule has 1 aromatic carbocycles. The normalized spacial score (nSPS) is 13.6. The molecule has 0 bridgehead atoms. The summed E-state index contributed by atoms with van der Waals surface area (Å²) in [7, 11) is 0. The first-order valence-corrected chi connectivity index (χ1v) is 9.51. The van der Waals surface area contributed by atoms with E-state index in [0.717, 1.165) is 24.8 Å². The van der Waals surface area contributed by atoms with Gasteiger partial charge in [0.2, 0.25) is 0 Å². The van der Waals surface area contributed by atoms with Crippen molar-refractivity contribution in [3.05, 3.63) is 35.4 Å². The molecule has 0 saturated heterocycles. The summed E-state index contributed by atoms with van der Waals surface area (Å²) in [5, 5.41) is 0. The molecule has 2 atom stereocenters. The highest BCUT2D eigenvalue weighted by atomic mass is 35.5. The predicted octanol–water partition coefficient (Wildman–Crippen LogP) is 6.36. The summed E-state index contributed by atoms with van der Waals surface area (Å²) >= 11 is 5.78. The smallest absolute Gasteiger partial charge is 0.338 e. The van der Waals surface area contributed by atoms with E-state index in [0.29, 0.717) is 17.4 Å². The molecule has 0 aliphatic heterocycles. The number of hydrogen-bond acceptors (Lipinski definition) is 2. The van der Waals surface area contributed by atoms with Gasteiger partial charge in [-0.2, -0.15) is 0 Å². The molecule has 0 amide bonds. The highest BCUT2D eigenvalue weighted by molar-refractivity contribution is 6.17. The number of carbonyl (C=O) groups is 1. The first-order chi connectivity index (χ1) is 11.1. The second-order valence-electron chi connectivity index (χ2n) is 6.36. The van der Waals surface area contributed by atoms with Gasteiger partial charge in [-0.1, -0.05) is 65.0 Å². The van der Waals surface area contributed by atoms with Gasteiger partial charge in [0.15, 0.2) is 0 Å². The lowest BCUT2D eigenvalue weighted by Crippen LogP contribution is -2.25. The van der Waals surface area contributed by atoms with Crippen molar-refractivity contribution in [2.45, 2.75) is 77.7 Å². The highest BCUT2D eigenvalue weighted by Crippen LogP contribution is 2.20. The molecule has 1 aromatic rings. The van der Waals surface area contributed by atoms with Gasteiger partial charge in [-0.05, 0) is 36.5 Å². The monoisotopic (exact) mass is 338 g/mol. The molecule has 2 nitrogen and oxygen atoms in total. The fourth-order valence-corrected chi connectivity index (χ4v) is 2.79. The maximum atomic E-state index is 12.4. The van der Waals surface area contributed by atoms with Gasteiger partial charge in [0.1, 0.15) is 6.10 Å². The molecular weight excluding hydrogens is 308 g/mol. The Hall–Kier alpha value is -1.02. The van der Waals surface area contributed by atoms with Crippen LogP contribution in [0.25, 0.3) is 0 Å². The van der Waals surface area contributed by atoms with Crippen LogP contribution < -0.4 is 0 Å². The molecule has 0 spiro atoms. The molecule has 3 heteroatoms. The minimum Gasteiger partial charge on any atom is -0.459 e. The Morgan fingerprint density at radius 1 is 1.09 bits per heavy atom. The number of carbonyl (C=O) groups excluding carboxylic acids is 1. The molecule has 2 unspecified atom stereocenters. The van der Waals surface area contributed by atoms with Gasteiger partial charge >= 0.3 is 5.97 Å². The van der Waals surface area contributed by atoms with Gasteiger partial charge in [-0.15, -0.1) is 11.6 Å². The van der Waals surface area contributed by atoms with Crippen LogP contribution in [0.2, 0.25) is 0 Å². The van der Waals surface area contributed by atoms with E-state index in [2.05, 4.69) is 20.8 Å². The topological polar surface area (TPSA) is 26.3 Å². The molecule has 0 N–H and O–H groups in total. The minimum absolute atomic E-state index is 0.0156. The van der Waals surface area contributed by atoms with Crippen molar-refractivity contribution in [3.8, 4) is 0 Å². The summed E-state index contributed by atoms with van der Waals surface area (Å²) in [6.45, 7) is 6.54. The fraction of sp³-hybridized carbons (Fsp3) is 0.650. The summed E-state index contributed by atoms with van der Waals surface area (Å²) in [6.07, 6.45) is 8.18. The number of unbranched alkanes of at least 4 members (excludes halogenated alkanes) is 4. The van der Waals surface area contributed by atoms with Crippen molar-refractivity contribution >= 4 is 17.6 Å². The Morgan fingerprint density at radius 2 is 1.74 bits per heavy atom. The lowest BCUT2D eigenvalue weighted by molar-refractivity contribution is 0.0122. The Bertz CT molecular complexity index is 441. The van der Waals surface area contributed by atoms with Gasteiger partial charge in [-0.25, -0.2) is 4.79 Å². The van der Waals surface area contributed by atoms with E-state index in [1.54, 1.807) is 12.1 Å². The van der Waals surface area contributed by atoms with E-state index in [4.69, 9.17) is 16.3 Å². The number of benzene rings is 1. The van der Waals surface area contributed by atoms with Gasteiger partial charge < -0.3 is 4.74 Å². The number of esters is 1. The number of alkyl halides is 1. The molecule has 0 fully saturated rings. The maximum Gasteiger partial charge on any atom is 0.338 e. The fourth-order valence-electron chi connectivity index (χ4n) is 2.61. The van der Waals surface area contributed by atoms with Crippen molar-refractivity contribution in [2.24, 2.45) is 5.92 Å². The van der Waals surface area contributed by atoms with Crippen molar-refractivity contribution in [1.82, 2.24) is 0 Å². The van der Waals surface area contributed by atoms with Crippen LogP contribution in [0, 0.1) is 5.92 Å². The van der Waals surface area contributed by atoms with Crippen LogP contribution in [0.3, 0.4) is 0 Å². The summed E-state index contributed by atoms with van der Waals surface area (Å²) in [6, 6.07) is 7.36. The largest absolute Gasteiger partial charge is 0.459 e. The molecule has 0 heterocycles. The Kier molecular flexibility index (Phi) is 10.0. The van der Waals surface area contributed by atoms with Crippen molar-refractivity contribution in [3.63, 3.8) is 0 Å². The molecule has 0 aliphatic carbocycles. The molecule has 0 aromatic heterocycles. The molecule has 0 radical (unpaired) electrons. The summed E-state index contributed by atoms with van der Waals surface area (Å²) in [4.78, 5) is 12.4. The third-order valence-electron chi connectivity index (χ3n) is 4.47. The van der Waals surface area contributed by atoms with E-state index < -0.39 is 0 Å². The molecular formula is C20H31ClO2. The van der Waals surface area contributed by atoms with Gasteiger partial charge in [0.05, 0.1) is 5.56 Å². The van der Waals surface area contributed by atoms with Gasteiger partial charge in [0, 0.05) is 5.88 Å². The van der Waals surface area contributed by atoms with Crippen molar-refractivity contribution < 1.29 is 9.53 Å². The minimum atomic E-state index is -0.218. The highest BCUT2D eigenvalue weighted by Gasteiger charge is 2.21. The van der Waals surface area contributed by atoms with Crippen LogP contribution in [0.5, 0.6) is 0 Å². The van der Waals surface area contributed by atoms with Crippen LogP contribution in [0.15, 0.2) is 24.3 Å². The standard InChI is InChI=1S/C20H31ClO2/c1-4-6-7-8-9-10-19(16(3)5-2)23-20(22)18-13-11-17(15-21)12-14-18/h11-14,16,19H,4-10,15H2,1-3H3. The Morgan fingerprint density at radius 3 is 2.30 bits per heavy atom. The Balaban J connectivity index is 2.55.